The first-order valence-corrected chi connectivity index (χ1v) is 9.05. The molecule has 0 fully saturated rings. The Balaban J connectivity index is 1.87. The van der Waals surface area contributed by atoms with Crippen molar-refractivity contribution in [2.24, 2.45) is 0 Å². The molecule has 0 aliphatic heterocycles. The molecule has 116 valence electrons. The largest absolute Gasteiger partial charge is 0.363 e. The number of quaternary nitrogens is 1. The number of nitrogens with one attached hydrogen (secondary N) is 2. The van der Waals surface area contributed by atoms with E-state index in [1.54, 1.807) is 17.7 Å². The second-order valence-corrected chi connectivity index (χ2v) is 7.89. The zero-order chi connectivity index (χ0) is 15.7. The maximum absolute atomic E-state index is 4.47. The van der Waals surface area contributed by atoms with Crippen LogP contribution in [0, 0.1) is 13.8 Å². The molecule has 0 aliphatic rings. The molecule has 1 atom stereocenters. The highest BCUT2D eigenvalue weighted by atomic mass is 32.1. The summed E-state index contributed by atoms with van der Waals surface area (Å²) in [5.74, 6) is 0.953. The van der Waals surface area contributed by atoms with E-state index in [0.29, 0.717) is 6.04 Å². The first-order chi connectivity index (χ1) is 10.6. The van der Waals surface area contributed by atoms with Crippen LogP contribution < -0.4 is 10.2 Å². The second kappa shape index (κ2) is 6.32. The Hall–Kier alpha value is -1.50. The smallest absolute Gasteiger partial charge is 0.139 e. The van der Waals surface area contributed by atoms with Crippen LogP contribution in [0.15, 0.2) is 23.8 Å². The molecule has 22 heavy (non-hydrogen) atoms. The molecule has 0 spiro atoms. The summed E-state index contributed by atoms with van der Waals surface area (Å²) in [6.07, 6.45) is 1.66. The predicted molar refractivity (Wildman–Crippen MR) is 95.2 cm³/mol. The average Bonchev–Trinajstić information content (AvgIpc) is 3.09. The molecule has 0 saturated carbocycles. The molecule has 0 radical (unpaired) electrons. The zero-order valence-electron chi connectivity index (χ0n) is 13.3. The summed E-state index contributed by atoms with van der Waals surface area (Å²) < 4.78 is 0. The second-order valence-electron chi connectivity index (χ2n) is 5.71. The molecule has 0 saturated heterocycles. The summed E-state index contributed by atoms with van der Waals surface area (Å²) in [6, 6.07) is 4.75. The van der Waals surface area contributed by atoms with Gasteiger partial charge in [-0.1, -0.05) is 6.07 Å². The molecule has 0 unspecified atom stereocenters. The zero-order valence-corrected chi connectivity index (χ0v) is 14.9. The highest BCUT2D eigenvalue weighted by Crippen LogP contribution is 2.32. The van der Waals surface area contributed by atoms with E-state index in [-0.39, 0.29) is 0 Å². The maximum atomic E-state index is 4.47. The van der Waals surface area contributed by atoms with Gasteiger partial charge in [-0.2, -0.15) is 0 Å². The molecular formula is C16H21N4S2+. The monoisotopic (exact) mass is 333 g/mol. The Labute approximate surface area is 138 Å². The number of aromatic nitrogens is 2. The Morgan fingerprint density at radius 3 is 2.77 bits per heavy atom. The normalized spacial score (nSPS) is 13.0. The molecule has 0 amide bonds. The number of thiophene rings is 2. The van der Waals surface area contributed by atoms with Crippen LogP contribution in [0.2, 0.25) is 0 Å². The lowest BCUT2D eigenvalue weighted by atomic mass is 10.2. The van der Waals surface area contributed by atoms with Gasteiger partial charge in [0.05, 0.1) is 30.9 Å². The van der Waals surface area contributed by atoms with Gasteiger partial charge in [-0.15, -0.1) is 22.7 Å². The number of fused-ring (bicyclic) bond motifs is 1. The Morgan fingerprint density at radius 2 is 2.09 bits per heavy atom. The van der Waals surface area contributed by atoms with E-state index in [1.165, 1.54) is 25.6 Å². The molecule has 6 heteroatoms. The Morgan fingerprint density at radius 1 is 1.27 bits per heavy atom. The third kappa shape index (κ3) is 2.86. The SMILES string of the molecule is Cc1sc2ncnc(NC[C@H](c3cccs3)[NH+](C)C)c2c1C. The van der Waals surface area contributed by atoms with E-state index in [4.69, 9.17) is 0 Å². The molecule has 4 nitrogen and oxygen atoms in total. The van der Waals surface area contributed by atoms with Crippen molar-refractivity contribution in [2.75, 3.05) is 26.0 Å². The van der Waals surface area contributed by atoms with Gasteiger partial charge in [0, 0.05) is 4.88 Å². The molecule has 2 N–H and O–H groups in total. The van der Waals surface area contributed by atoms with E-state index in [9.17, 15) is 0 Å². The Kier molecular flexibility index (Phi) is 4.42. The summed E-state index contributed by atoms with van der Waals surface area (Å²) >= 11 is 3.55. The maximum Gasteiger partial charge on any atom is 0.139 e. The van der Waals surface area contributed by atoms with Crippen molar-refractivity contribution in [1.82, 2.24) is 9.97 Å². The average molecular weight is 334 g/mol. The molecule has 0 aromatic carbocycles. The fourth-order valence-corrected chi connectivity index (χ4v) is 4.55. The van der Waals surface area contributed by atoms with Gasteiger partial charge in [0.15, 0.2) is 0 Å². The first-order valence-electron chi connectivity index (χ1n) is 7.36. The lowest BCUT2D eigenvalue weighted by Gasteiger charge is -2.21. The van der Waals surface area contributed by atoms with E-state index in [1.807, 2.05) is 11.3 Å². The first kappa shape index (κ1) is 15.4. The van der Waals surface area contributed by atoms with Crippen LogP contribution in [0.1, 0.15) is 21.4 Å². The number of hydrogen-bond acceptors (Lipinski definition) is 5. The van der Waals surface area contributed by atoms with Gasteiger partial charge in [0.2, 0.25) is 0 Å². The number of nitrogens with zero attached hydrogens (tertiary/aromatic N) is 2. The van der Waals surface area contributed by atoms with Gasteiger partial charge in [-0.05, 0) is 30.9 Å². The third-order valence-corrected chi connectivity index (χ3v) is 6.12. The van der Waals surface area contributed by atoms with E-state index >= 15 is 0 Å². The minimum atomic E-state index is 0.421. The van der Waals surface area contributed by atoms with Crippen molar-refractivity contribution < 1.29 is 4.90 Å². The van der Waals surface area contributed by atoms with E-state index in [2.05, 4.69) is 60.7 Å². The standard InChI is InChI=1S/C16H20N4S2/c1-10-11(2)22-16-14(10)15(18-9-19-16)17-8-12(20(3)4)13-6-5-7-21-13/h5-7,9,12H,8H2,1-4H3,(H,17,18,19)/p+1/t12-/m1/s1. The Bertz CT molecular complexity index is 762. The fourth-order valence-electron chi connectivity index (χ4n) is 2.59. The molecule has 0 aliphatic carbocycles. The van der Waals surface area contributed by atoms with Crippen molar-refractivity contribution in [1.29, 1.82) is 0 Å². The molecule has 3 heterocycles. The topological polar surface area (TPSA) is 42.2 Å². The summed E-state index contributed by atoms with van der Waals surface area (Å²) in [5.41, 5.74) is 1.29. The van der Waals surface area contributed by atoms with Crippen molar-refractivity contribution in [3.63, 3.8) is 0 Å². The number of anilines is 1. The van der Waals surface area contributed by atoms with Crippen molar-refractivity contribution >= 4 is 38.7 Å². The van der Waals surface area contributed by atoms with Crippen LogP contribution in [0.3, 0.4) is 0 Å². The van der Waals surface area contributed by atoms with E-state index in [0.717, 1.165) is 17.2 Å². The van der Waals surface area contributed by atoms with Gasteiger partial charge in [-0.25, -0.2) is 9.97 Å². The summed E-state index contributed by atoms with van der Waals surface area (Å²) in [4.78, 5) is 14.1. The highest BCUT2D eigenvalue weighted by molar-refractivity contribution is 7.18. The van der Waals surface area contributed by atoms with Crippen molar-refractivity contribution in [3.05, 3.63) is 39.2 Å². The van der Waals surface area contributed by atoms with Gasteiger partial charge in [0.25, 0.3) is 0 Å². The van der Waals surface area contributed by atoms with Gasteiger partial charge in [-0.3, -0.25) is 0 Å². The van der Waals surface area contributed by atoms with Gasteiger partial charge < -0.3 is 10.2 Å². The number of aryl methyl sites for hydroxylation is 2. The van der Waals surface area contributed by atoms with Gasteiger partial charge in [0.1, 0.15) is 23.0 Å². The minimum absolute atomic E-state index is 0.421. The lowest BCUT2D eigenvalue weighted by Crippen LogP contribution is -3.06. The summed E-state index contributed by atoms with van der Waals surface area (Å²) in [7, 11) is 4.39. The summed E-state index contributed by atoms with van der Waals surface area (Å²) in [6.45, 7) is 5.16. The molecule has 3 aromatic rings. The quantitative estimate of drug-likeness (QED) is 0.754. The van der Waals surface area contributed by atoms with Crippen LogP contribution in [-0.4, -0.2) is 30.6 Å². The van der Waals surface area contributed by atoms with Crippen LogP contribution in [0.25, 0.3) is 10.2 Å². The molecular weight excluding hydrogens is 312 g/mol. The summed E-state index contributed by atoms with van der Waals surface area (Å²) in [5, 5.41) is 6.86. The predicted octanol–water partition coefficient (Wildman–Crippen LogP) is 2.67. The van der Waals surface area contributed by atoms with Crippen LogP contribution in [0.4, 0.5) is 5.82 Å². The van der Waals surface area contributed by atoms with Crippen molar-refractivity contribution in [3.8, 4) is 0 Å². The number of likely N-dealkylation sites (N-methyl/N-ethyl adjacent to an activating group) is 1. The molecule has 3 rings (SSSR count). The number of rotatable bonds is 5. The molecule has 0 bridgehead atoms. The van der Waals surface area contributed by atoms with Gasteiger partial charge >= 0.3 is 0 Å². The van der Waals surface area contributed by atoms with Crippen LogP contribution in [0.5, 0.6) is 0 Å². The van der Waals surface area contributed by atoms with E-state index < -0.39 is 0 Å². The van der Waals surface area contributed by atoms with Crippen LogP contribution >= 0.6 is 22.7 Å². The fraction of sp³-hybridized carbons (Fsp3) is 0.375. The van der Waals surface area contributed by atoms with Crippen molar-refractivity contribution in [2.45, 2.75) is 19.9 Å². The minimum Gasteiger partial charge on any atom is -0.363 e. The molecule has 3 aromatic heterocycles. The number of hydrogen-bond donors (Lipinski definition) is 2. The third-order valence-electron chi connectivity index (χ3n) is 4.02. The van der Waals surface area contributed by atoms with Crippen LogP contribution in [-0.2, 0) is 0 Å². The highest BCUT2D eigenvalue weighted by Gasteiger charge is 2.20. The lowest BCUT2D eigenvalue weighted by molar-refractivity contribution is -0.889.